The van der Waals surface area contributed by atoms with E-state index in [1.807, 2.05) is 17.0 Å². The lowest BCUT2D eigenvalue weighted by molar-refractivity contribution is -0.385. The van der Waals surface area contributed by atoms with Gasteiger partial charge in [0.25, 0.3) is 0 Å². The van der Waals surface area contributed by atoms with Crippen LogP contribution in [0.25, 0.3) is 0 Å². The van der Waals surface area contributed by atoms with Crippen LogP contribution in [-0.2, 0) is 13.0 Å². The molecule has 1 aromatic heterocycles. The van der Waals surface area contributed by atoms with Gasteiger partial charge >= 0.3 is 5.69 Å². The fourth-order valence-electron chi connectivity index (χ4n) is 2.34. The van der Waals surface area contributed by atoms with E-state index < -0.39 is 4.92 Å². The van der Waals surface area contributed by atoms with E-state index in [1.165, 1.54) is 18.0 Å². The summed E-state index contributed by atoms with van der Waals surface area (Å²) in [5.74, 6) is 0.474. The Morgan fingerprint density at radius 2 is 2.00 bits per heavy atom. The topological polar surface area (TPSA) is 72.2 Å². The van der Waals surface area contributed by atoms with E-state index in [2.05, 4.69) is 25.9 Å². The Morgan fingerprint density at radius 3 is 2.67 bits per heavy atom. The molecular formula is C13H10BrClN4O2. The molecule has 8 heteroatoms. The summed E-state index contributed by atoms with van der Waals surface area (Å²) >= 11 is 9.79. The molecule has 6 nitrogen and oxygen atoms in total. The molecule has 108 valence electrons. The summed E-state index contributed by atoms with van der Waals surface area (Å²) in [5, 5.41) is 11.3. The lowest BCUT2D eigenvalue weighted by atomic mass is 10.00. The van der Waals surface area contributed by atoms with Crippen LogP contribution in [-0.4, -0.2) is 21.4 Å². The fourth-order valence-corrected chi connectivity index (χ4v) is 3.14. The summed E-state index contributed by atoms with van der Waals surface area (Å²) < 4.78 is 1.05. The summed E-state index contributed by atoms with van der Waals surface area (Å²) in [7, 11) is 0. The third-order valence-corrected chi connectivity index (χ3v) is 4.51. The molecule has 0 spiro atoms. The zero-order chi connectivity index (χ0) is 15.0. The second kappa shape index (κ2) is 5.57. The average Bonchev–Trinajstić information content (AvgIpc) is 2.51. The first-order chi connectivity index (χ1) is 10.1. The van der Waals surface area contributed by atoms with Crippen LogP contribution in [0.5, 0.6) is 0 Å². The van der Waals surface area contributed by atoms with Gasteiger partial charge in [-0.25, -0.2) is 9.97 Å². The van der Waals surface area contributed by atoms with E-state index in [0.717, 1.165) is 23.0 Å². The minimum Gasteiger partial charge on any atom is -0.336 e. The molecule has 2 aromatic rings. The first-order valence-corrected chi connectivity index (χ1v) is 7.40. The monoisotopic (exact) mass is 368 g/mol. The quantitative estimate of drug-likeness (QED) is 0.599. The highest BCUT2D eigenvalue weighted by molar-refractivity contribution is 9.10. The normalized spacial score (nSPS) is 13.9. The smallest absolute Gasteiger partial charge is 0.305 e. The van der Waals surface area contributed by atoms with E-state index in [0.29, 0.717) is 17.5 Å². The largest absolute Gasteiger partial charge is 0.336 e. The van der Waals surface area contributed by atoms with Gasteiger partial charge in [-0.3, -0.25) is 10.1 Å². The van der Waals surface area contributed by atoms with Crippen molar-refractivity contribution in [3.05, 3.63) is 55.3 Å². The molecule has 1 aromatic carbocycles. The van der Waals surface area contributed by atoms with E-state index in [4.69, 9.17) is 11.6 Å². The predicted octanol–water partition coefficient (Wildman–Crippen LogP) is 3.36. The van der Waals surface area contributed by atoms with Gasteiger partial charge in [-0.1, -0.05) is 27.5 Å². The third-order valence-electron chi connectivity index (χ3n) is 3.42. The van der Waals surface area contributed by atoms with E-state index >= 15 is 0 Å². The zero-order valence-electron chi connectivity index (χ0n) is 10.8. The van der Waals surface area contributed by atoms with Crippen molar-refractivity contribution in [3.63, 3.8) is 0 Å². The van der Waals surface area contributed by atoms with Crippen molar-refractivity contribution in [2.75, 3.05) is 11.4 Å². The zero-order valence-corrected chi connectivity index (χ0v) is 13.1. The van der Waals surface area contributed by atoms with Crippen LogP contribution in [0.1, 0.15) is 11.1 Å². The van der Waals surface area contributed by atoms with Gasteiger partial charge in [0, 0.05) is 22.6 Å². The Kier molecular flexibility index (Phi) is 3.77. The Balaban J connectivity index is 1.89. The molecule has 21 heavy (non-hydrogen) atoms. The minimum absolute atomic E-state index is 0.114. The summed E-state index contributed by atoms with van der Waals surface area (Å²) in [6.45, 7) is 1.33. The van der Waals surface area contributed by atoms with Crippen LogP contribution < -0.4 is 4.90 Å². The third kappa shape index (κ3) is 2.71. The Labute approximate surface area is 134 Å². The average molecular weight is 370 g/mol. The van der Waals surface area contributed by atoms with Crippen molar-refractivity contribution in [2.45, 2.75) is 13.0 Å². The fraction of sp³-hybridized carbons (Fsp3) is 0.231. The van der Waals surface area contributed by atoms with Crippen LogP contribution in [0.3, 0.4) is 0 Å². The van der Waals surface area contributed by atoms with Gasteiger partial charge in [-0.2, -0.15) is 0 Å². The van der Waals surface area contributed by atoms with Crippen molar-refractivity contribution in [2.24, 2.45) is 0 Å². The second-order valence-corrected chi connectivity index (χ2v) is 5.92. The summed E-state index contributed by atoms with van der Waals surface area (Å²) in [6, 6.07) is 3.80. The lowest BCUT2D eigenvalue weighted by Gasteiger charge is -2.29. The SMILES string of the molecule is O=[N+]([O-])c1cnc(N2CCc3c(Br)ccc(Cl)c3C2)nc1. The number of hydrogen-bond acceptors (Lipinski definition) is 5. The van der Waals surface area contributed by atoms with Crippen molar-refractivity contribution in [1.82, 2.24) is 9.97 Å². The number of benzene rings is 1. The number of hydrogen-bond donors (Lipinski definition) is 0. The molecular weight excluding hydrogens is 360 g/mol. The van der Waals surface area contributed by atoms with Gasteiger partial charge in [0.2, 0.25) is 5.95 Å². The molecule has 0 aliphatic carbocycles. The lowest BCUT2D eigenvalue weighted by Crippen LogP contribution is -2.32. The molecule has 3 rings (SSSR count). The summed E-state index contributed by atoms with van der Waals surface area (Å²) in [4.78, 5) is 20.2. The molecule has 1 aliphatic rings. The number of rotatable bonds is 2. The number of nitrogens with zero attached hydrogens (tertiary/aromatic N) is 4. The first kappa shape index (κ1) is 14.2. The molecule has 0 unspecified atom stereocenters. The van der Waals surface area contributed by atoms with Gasteiger partial charge < -0.3 is 4.90 Å². The van der Waals surface area contributed by atoms with Crippen LogP contribution in [0.4, 0.5) is 11.6 Å². The highest BCUT2D eigenvalue weighted by Gasteiger charge is 2.22. The molecule has 0 atom stereocenters. The number of fused-ring (bicyclic) bond motifs is 1. The van der Waals surface area contributed by atoms with Gasteiger partial charge in [0.15, 0.2) is 0 Å². The van der Waals surface area contributed by atoms with Gasteiger partial charge in [0.05, 0.1) is 4.92 Å². The Hall–Kier alpha value is -1.73. The van der Waals surface area contributed by atoms with Crippen molar-refractivity contribution in [1.29, 1.82) is 0 Å². The number of halogens is 2. The molecule has 2 heterocycles. The van der Waals surface area contributed by atoms with Crippen LogP contribution in [0.2, 0.25) is 5.02 Å². The maximum absolute atomic E-state index is 10.6. The number of nitro groups is 1. The Morgan fingerprint density at radius 1 is 1.29 bits per heavy atom. The summed E-state index contributed by atoms with van der Waals surface area (Å²) in [5.41, 5.74) is 2.12. The summed E-state index contributed by atoms with van der Waals surface area (Å²) in [6.07, 6.45) is 3.26. The number of aromatic nitrogens is 2. The predicted molar refractivity (Wildman–Crippen MR) is 82.6 cm³/mol. The molecule has 0 fully saturated rings. The molecule has 0 radical (unpaired) electrons. The van der Waals surface area contributed by atoms with E-state index in [9.17, 15) is 10.1 Å². The second-order valence-electron chi connectivity index (χ2n) is 4.66. The van der Waals surface area contributed by atoms with Gasteiger partial charge in [-0.15, -0.1) is 0 Å². The van der Waals surface area contributed by atoms with E-state index in [1.54, 1.807) is 0 Å². The van der Waals surface area contributed by atoms with Crippen molar-refractivity contribution < 1.29 is 4.92 Å². The van der Waals surface area contributed by atoms with Crippen LogP contribution >= 0.6 is 27.5 Å². The Bertz CT molecular complexity index is 708. The molecule has 0 saturated heterocycles. The molecule has 0 amide bonds. The van der Waals surface area contributed by atoms with E-state index in [-0.39, 0.29) is 5.69 Å². The molecule has 0 saturated carbocycles. The highest BCUT2D eigenvalue weighted by atomic mass is 79.9. The van der Waals surface area contributed by atoms with Gasteiger partial charge in [-0.05, 0) is 29.7 Å². The van der Waals surface area contributed by atoms with Crippen molar-refractivity contribution >= 4 is 39.2 Å². The number of anilines is 1. The highest BCUT2D eigenvalue weighted by Crippen LogP contribution is 2.32. The van der Waals surface area contributed by atoms with Crippen molar-refractivity contribution in [3.8, 4) is 0 Å². The first-order valence-electron chi connectivity index (χ1n) is 6.23. The van der Waals surface area contributed by atoms with Gasteiger partial charge in [0.1, 0.15) is 12.4 Å². The van der Waals surface area contributed by atoms with Crippen LogP contribution in [0.15, 0.2) is 29.0 Å². The maximum Gasteiger partial charge on any atom is 0.305 e. The molecule has 1 aliphatic heterocycles. The minimum atomic E-state index is -0.511. The molecule has 0 N–H and O–H groups in total. The molecule has 0 bridgehead atoms. The standard InChI is InChI=1S/C13H10BrClN4O2/c14-11-1-2-12(15)10-7-18(4-3-9(10)11)13-16-5-8(6-17-13)19(20)21/h1-2,5-6H,3-4,7H2. The van der Waals surface area contributed by atoms with Crippen LogP contribution in [0, 0.1) is 10.1 Å². The maximum atomic E-state index is 10.6.